The van der Waals surface area contributed by atoms with Gasteiger partial charge in [0.2, 0.25) is 0 Å². The lowest BCUT2D eigenvalue weighted by Gasteiger charge is -2.63. The van der Waals surface area contributed by atoms with Gasteiger partial charge in [0.1, 0.15) is 0 Å². The molecule has 4 heterocycles. The zero-order valence-corrected chi connectivity index (χ0v) is 17.7. The molecule has 5 rings (SSSR count). The number of likely N-dealkylation sites (tertiary alicyclic amines) is 1. The van der Waals surface area contributed by atoms with E-state index in [4.69, 9.17) is 21.1 Å². The van der Waals surface area contributed by atoms with Crippen molar-refractivity contribution in [1.82, 2.24) is 19.6 Å². The largest absolute Gasteiger partial charge is 0.378 e. The summed E-state index contributed by atoms with van der Waals surface area (Å²) in [5, 5.41) is 0.616. The molecule has 0 radical (unpaired) electrons. The van der Waals surface area contributed by atoms with Crippen molar-refractivity contribution in [2.45, 2.75) is 11.6 Å². The first-order chi connectivity index (χ1) is 14.6. The van der Waals surface area contributed by atoms with E-state index in [0.717, 1.165) is 6.54 Å². The zero-order chi connectivity index (χ0) is 20.7. The van der Waals surface area contributed by atoms with Crippen molar-refractivity contribution in [2.24, 2.45) is 0 Å². The number of morpholine rings is 2. The Morgan fingerprint density at radius 1 is 0.900 bits per heavy atom. The van der Waals surface area contributed by atoms with Crippen LogP contribution in [0.1, 0.15) is 10.4 Å². The molecule has 162 valence electrons. The van der Waals surface area contributed by atoms with E-state index in [2.05, 4.69) is 4.90 Å². The molecular formula is C21H27ClN4O4. The summed E-state index contributed by atoms with van der Waals surface area (Å²) in [5.74, 6) is 0.00854. The fraction of sp³-hybridized carbons (Fsp3) is 0.619. The molecule has 0 bridgehead atoms. The second kappa shape index (κ2) is 8.00. The van der Waals surface area contributed by atoms with Crippen LogP contribution in [0.25, 0.3) is 0 Å². The van der Waals surface area contributed by atoms with Gasteiger partial charge in [0.15, 0.2) is 0 Å². The van der Waals surface area contributed by atoms with Gasteiger partial charge in [0, 0.05) is 56.4 Å². The summed E-state index contributed by atoms with van der Waals surface area (Å²) in [6.07, 6.45) is 0. The quantitative estimate of drug-likeness (QED) is 0.660. The number of hydrogen-bond acceptors (Lipinski definition) is 5. The van der Waals surface area contributed by atoms with Gasteiger partial charge in [-0.15, -0.1) is 0 Å². The fourth-order valence-electron chi connectivity index (χ4n) is 5.16. The van der Waals surface area contributed by atoms with E-state index in [1.165, 1.54) is 0 Å². The zero-order valence-electron chi connectivity index (χ0n) is 17.0. The van der Waals surface area contributed by atoms with E-state index in [1.54, 1.807) is 24.3 Å². The average Bonchev–Trinajstić information content (AvgIpc) is 2.77. The highest BCUT2D eigenvalue weighted by molar-refractivity contribution is 6.30. The summed E-state index contributed by atoms with van der Waals surface area (Å²) in [5.41, 5.74) is 0.441. The predicted molar refractivity (Wildman–Crippen MR) is 111 cm³/mol. The monoisotopic (exact) mass is 434 g/mol. The molecule has 3 amide bonds. The molecule has 1 aromatic carbocycles. The molecule has 0 aromatic heterocycles. The molecule has 0 unspecified atom stereocenters. The van der Waals surface area contributed by atoms with Gasteiger partial charge in [0.05, 0.1) is 38.0 Å². The first-order valence-electron chi connectivity index (χ1n) is 10.6. The SMILES string of the molecule is O=C(c1ccc(Cl)cc1)N1C[C@@H]2COCCN2C2(C1)CN(C(=O)N1CCOCC1)C2. The third kappa shape index (κ3) is 3.56. The van der Waals surface area contributed by atoms with Gasteiger partial charge in [0.25, 0.3) is 5.91 Å². The summed E-state index contributed by atoms with van der Waals surface area (Å²) >= 11 is 5.98. The Kier molecular flexibility index (Phi) is 5.35. The lowest BCUT2D eigenvalue weighted by Crippen LogP contribution is -2.82. The molecule has 4 aliphatic heterocycles. The van der Waals surface area contributed by atoms with Crippen LogP contribution in [0.4, 0.5) is 4.79 Å². The number of rotatable bonds is 1. The maximum atomic E-state index is 13.2. The number of urea groups is 1. The van der Waals surface area contributed by atoms with Crippen LogP contribution < -0.4 is 0 Å². The molecule has 4 saturated heterocycles. The molecule has 9 heteroatoms. The molecule has 1 atom stereocenters. The summed E-state index contributed by atoms with van der Waals surface area (Å²) in [6, 6.07) is 7.28. The smallest absolute Gasteiger partial charge is 0.320 e. The minimum atomic E-state index is -0.198. The number of piperazine rings is 1. The standard InChI is InChI=1S/C21H27ClN4O4/c22-17-3-1-16(2-4-17)19(27)24-11-18-12-30-10-7-26(18)21(13-24)14-25(15-21)20(28)23-5-8-29-9-6-23/h1-4,18H,5-15H2/t18-/m1/s1. The normalized spacial score (nSPS) is 26.3. The minimum absolute atomic E-state index is 0.00854. The van der Waals surface area contributed by atoms with E-state index in [-0.39, 0.29) is 23.5 Å². The van der Waals surface area contributed by atoms with E-state index in [0.29, 0.717) is 76.3 Å². The molecule has 0 N–H and O–H groups in total. The van der Waals surface area contributed by atoms with Crippen molar-refractivity contribution in [3.8, 4) is 0 Å². The number of carbonyl (C=O) groups is 2. The van der Waals surface area contributed by atoms with Crippen LogP contribution in [0, 0.1) is 0 Å². The predicted octanol–water partition coefficient (Wildman–Crippen LogP) is 1.00. The van der Waals surface area contributed by atoms with Crippen molar-refractivity contribution >= 4 is 23.5 Å². The third-order valence-electron chi connectivity index (χ3n) is 6.65. The first-order valence-corrected chi connectivity index (χ1v) is 10.9. The van der Waals surface area contributed by atoms with E-state index in [1.807, 2.05) is 14.7 Å². The van der Waals surface area contributed by atoms with Crippen LogP contribution >= 0.6 is 11.6 Å². The summed E-state index contributed by atoms with van der Waals surface area (Å²) in [4.78, 5) is 34.3. The maximum Gasteiger partial charge on any atom is 0.320 e. The summed E-state index contributed by atoms with van der Waals surface area (Å²) < 4.78 is 11.1. The Balaban J connectivity index is 1.32. The van der Waals surface area contributed by atoms with Gasteiger partial charge in [-0.25, -0.2) is 4.79 Å². The van der Waals surface area contributed by atoms with Gasteiger partial charge in [-0.2, -0.15) is 0 Å². The maximum absolute atomic E-state index is 13.2. The molecule has 0 aliphatic carbocycles. The lowest BCUT2D eigenvalue weighted by molar-refractivity contribution is -0.150. The van der Waals surface area contributed by atoms with Crippen LogP contribution in [0.5, 0.6) is 0 Å². The van der Waals surface area contributed by atoms with Crippen molar-refractivity contribution in [3.63, 3.8) is 0 Å². The van der Waals surface area contributed by atoms with Crippen molar-refractivity contribution in [3.05, 3.63) is 34.9 Å². The van der Waals surface area contributed by atoms with Crippen molar-refractivity contribution in [1.29, 1.82) is 0 Å². The Hall–Kier alpha value is -1.87. The molecule has 1 aromatic rings. The van der Waals surface area contributed by atoms with E-state index < -0.39 is 0 Å². The van der Waals surface area contributed by atoms with Gasteiger partial charge in [-0.3, -0.25) is 9.69 Å². The Morgan fingerprint density at radius 2 is 1.57 bits per heavy atom. The molecule has 8 nitrogen and oxygen atoms in total. The minimum Gasteiger partial charge on any atom is -0.378 e. The average molecular weight is 435 g/mol. The number of hydrogen-bond donors (Lipinski definition) is 0. The Bertz CT molecular complexity index is 808. The molecule has 1 spiro atoms. The van der Waals surface area contributed by atoms with Gasteiger partial charge >= 0.3 is 6.03 Å². The van der Waals surface area contributed by atoms with Gasteiger partial charge in [-0.1, -0.05) is 11.6 Å². The second-order valence-corrected chi connectivity index (χ2v) is 9.01. The highest BCUT2D eigenvalue weighted by Crippen LogP contribution is 2.36. The van der Waals surface area contributed by atoms with Crippen LogP contribution in [0.3, 0.4) is 0 Å². The number of ether oxygens (including phenoxy) is 2. The summed E-state index contributed by atoms with van der Waals surface area (Å²) in [6.45, 7) is 7.18. The Morgan fingerprint density at radius 3 is 2.30 bits per heavy atom. The van der Waals surface area contributed by atoms with Crippen molar-refractivity contribution < 1.29 is 19.1 Å². The van der Waals surface area contributed by atoms with Gasteiger partial charge < -0.3 is 24.2 Å². The molecule has 30 heavy (non-hydrogen) atoms. The van der Waals surface area contributed by atoms with Crippen LogP contribution in [-0.2, 0) is 9.47 Å². The lowest BCUT2D eigenvalue weighted by atomic mass is 9.82. The molecule has 0 saturated carbocycles. The molecular weight excluding hydrogens is 408 g/mol. The fourth-order valence-corrected chi connectivity index (χ4v) is 5.29. The topological polar surface area (TPSA) is 65.6 Å². The second-order valence-electron chi connectivity index (χ2n) is 8.58. The number of benzene rings is 1. The summed E-state index contributed by atoms with van der Waals surface area (Å²) in [7, 11) is 0. The van der Waals surface area contributed by atoms with Crippen LogP contribution in [-0.4, -0.2) is 115 Å². The third-order valence-corrected chi connectivity index (χ3v) is 6.91. The number of fused-ring (bicyclic) bond motifs is 2. The number of carbonyl (C=O) groups excluding carboxylic acids is 2. The number of nitrogens with zero attached hydrogens (tertiary/aromatic N) is 4. The van der Waals surface area contributed by atoms with Crippen LogP contribution in [0.2, 0.25) is 5.02 Å². The number of halogens is 1. The van der Waals surface area contributed by atoms with Crippen LogP contribution in [0.15, 0.2) is 24.3 Å². The van der Waals surface area contributed by atoms with Crippen molar-refractivity contribution in [2.75, 3.05) is 72.2 Å². The van der Waals surface area contributed by atoms with E-state index >= 15 is 0 Å². The molecule has 4 fully saturated rings. The number of amides is 3. The highest BCUT2D eigenvalue weighted by atomic mass is 35.5. The van der Waals surface area contributed by atoms with E-state index in [9.17, 15) is 9.59 Å². The Labute approximate surface area is 181 Å². The van der Waals surface area contributed by atoms with Gasteiger partial charge in [-0.05, 0) is 24.3 Å². The first kappa shape index (κ1) is 20.1. The molecule has 4 aliphatic rings. The highest BCUT2D eigenvalue weighted by Gasteiger charge is 2.56.